The molecule has 0 radical (unpaired) electrons. The number of benzene rings is 1. The molecular weight excluding hydrogens is 280 g/mol. The Hall–Kier alpha value is -2.53. The highest BCUT2D eigenvalue weighted by atomic mass is 32.1. The number of hydrogen-bond acceptors (Lipinski definition) is 4. The Morgan fingerprint density at radius 1 is 1.05 bits per heavy atom. The molecule has 3 aromatic heterocycles. The fourth-order valence-corrected chi connectivity index (χ4v) is 3.12. The molecule has 0 spiro atoms. The van der Waals surface area contributed by atoms with E-state index in [0.29, 0.717) is 0 Å². The van der Waals surface area contributed by atoms with E-state index in [-0.39, 0.29) is 0 Å². The number of pyridine rings is 1. The molecule has 21 heavy (non-hydrogen) atoms. The number of thiazole rings is 1. The van der Waals surface area contributed by atoms with Crippen molar-refractivity contribution in [2.75, 3.05) is 0 Å². The molecule has 0 aliphatic heterocycles. The van der Waals surface area contributed by atoms with Crippen molar-refractivity contribution in [1.29, 1.82) is 0 Å². The third kappa shape index (κ3) is 1.94. The van der Waals surface area contributed by atoms with Crippen molar-refractivity contribution in [1.82, 2.24) is 19.7 Å². The van der Waals surface area contributed by atoms with Crippen molar-refractivity contribution in [2.24, 2.45) is 0 Å². The summed E-state index contributed by atoms with van der Waals surface area (Å²) in [7, 11) is 0. The maximum Gasteiger partial charge on any atom is 0.210 e. The molecule has 102 valence electrons. The van der Waals surface area contributed by atoms with E-state index in [9.17, 15) is 0 Å². The molecule has 0 atom stereocenters. The van der Waals surface area contributed by atoms with Crippen molar-refractivity contribution in [3.05, 3.63) is 60.0 Å². The summed E-state index contributed by atoms with van der Waals surface area (Å²) >= 11 is 1.58. The summed E-state index contributed by atoms with van der Waals surface area (Å²) in [5.41, 5.74) is 4.56. The minimum atomic E-state index is 0.880. The summed E-state index contributed by atoms with van der Waals surface area (Å²) in [6.45, 7) is 2.10. The Morgan fingerprint density at radius 2 is 2.00 bits per heavy atom. The molecule has 1 aromatic carbocycles. The second-order valence-corrected chi connectivity index (χ2v) is 5.67. The van der Waals surface area contributed by atoms with E-state index in [1.54, 1.807) is 17.5 Å². The number of nitrogens with zero attached hydrogens (tertiary/aromatic N) is 4. The van der Waals surface area contributed by atoms with Gasteiger partial charge in [0.2, 0.25) is 5.13 Å². The SMILES string of the molecule is Cc1ccncc1-c1cccc2c1cnn2-c1nccs1. The predicted molar refractivity (Wildman–Crippen MR) is 84.7 cm³/mol. The van der Waals surface area contributed by atoms with Crippen LogP contribution >= 0.6 is 11.3 Å². The van der Waals surface area contributed by atoms with Crippen molar-refractivity contribution >= 4 is 22.2 Å². The highest BCUT2D eigenvalue weighted by Gasteiger charge is 2.12. The first-order valence-electron chi connectivity index (χ1n) is 6.62. The van der Waals surface area contributed by atoms with Crippen LogP contribution in [0.3, 0.4) is 0 Å². The number of rotatable bonds is 2. The molecule has 3 heterocycles. The molecule has 0 unspecified atom stereocenters. The average molecular weight is 292 g/mol. The van der Waals surface area contributed by atoms with Gasteiger partial charge in [-0.15, -0.1) is 11.3 Å². The van der Waals surface area contributed by atoms with Gasteiger partial charge in [0, 0.05) is 34.9 Å². The molecule has 4 rings (SSSR count). The topological polar surface area (TPSA) is 43.6 Å². The van der Waals surface area contributed by atoms with Gasteiger partial charge in [-0.05, 0) is 30.2 Å². The Bertz CT molecular complexity index is 909. The van der Waals surface area contributed by atoms with Crippen LogP contribution in [0.15, 0.2) is 54.4 Å². The predicted octanol–water partition coefficient (Wildman–Crippen LogP) is 3.85. The standard InChI is InChI=1S/C16H12N4S/c1-11-5-6-17-9-13(11)12-3-2-4-15-14(12)10-19-20(15)16-18-7-8-21-16/h2-10H,1H3. The van der Waals surface area contributed by atoms with E-state index in [1.807, 2.05) is 34.7 Å². The van der Waals surface area contributed by atoms with Crippen molar-refractivity contribution in [3.63, 3.8) is 0 Å². The summed E-state index contributed by atoms with van der Waals surface area (Å²) in [5, 5.41) is 8.45. The average Bonchev–Trinajstić information content (AvgIpc) is 3.16. The van der Waals surface area contributed by atoms with Gasteiger partial charge in [0.05, 0.1) is 11.7 Å². The van der Waals surface area contributed by atoms with Crippen LogP contribution in [0.1, 0.15) is 5.56 Å². The lowest BCUT2D eigenvalue weighted by Crippen LogP contribution is -1.94. The summed E-state index contributed by atoms with van der Waals surface area (Å²) < 4.78 is 1.88. The van der Waals surface area contributed by atoms with E-state index in [0.717, 1.165) is 27.2 Å². The van der Waals surface area contributed by atoms with E-state index >= 15 is 0 Å². The molecule has 0 saturated carbocycles. The summed E-state index contributed by atoms with van der Waals surface area (Å²) in [6, 6.07) is 8.26. The monoisotopic (exact) mass is 292 g/mol. The van der Waals surface area contributed by atoms with Crippen LogP contribution in [0, 0.1) is 6.92 Å². The van der Waals surface area contributed by atoms with Crippen molar-refractivity contribution in [3.8, 4) is 16.3 Å². The second-order valence-electron chi connectivity index (χ2n) is 4.80. The van der Waals surface area contributed by atoms with Crippen LogP contribution in [0.4, 0.5) is 0 Å². The van der Waals surface area contributed by atoms with Crippen LogP contribution in [-0.2, 0) is 0 Å². The Kier molecular flexibility index (Phi) is 2.79. The first kappa shape index (κ1) is 12.2. The Morgan fingerprint density at radius 3 is 2.81 bits per heavy atom. The van der Waals surface area contributed by atoms with Gasteiger partial charge in [0.25, 0.3) is 0 Å². The number of aromatic nitrogens is 4. The van der Waals surface area contributed by atoms with E-state index < -0.39 is 0 Å². The van der Waals surface area contributed by atoms with Gasteiger partial charge in [0.15, 0.2) is 0 Å². The van der Waals surface area contributed by atoms with Gasteiger partial charge >= 0.3 is 0 Å². The Labute approximate surface area is 125 Å². The maximum absolute atomic E-state index is 4.50. The molecule has 4 nitrogen and oxygen atoms in total. The molecule has 0 aliphatic carbocycles. The lowest BCUT2D eigenvalue weighted by Gasteiger charge is -2.06. The first-order chi connectivity index (χ1) is 10.3. The third-order valence-corrected chi connectivity index (χ3v) is 4.29. The zero-order chi connectivity index (χ0) is 14.2. The molecule has 4 aromatic rings. The molecule has 0 amide bonds. The minimum absolute atomic E-state index is 0.880. The minimum Gasteiger partial charge on any atom is -0.264 e. The summed E-state index contributed by atoms with van der Waals surface area (Å²) in [4.78, 5) is 8.58. The second kappa shape index (κ2) is 4.79. The summed E-state index contributed by atoms with van der Waals surface area (Å²) in [5.74, 6) is 0. The number of hydrogen-bond donors (Lipinski definition) is 0. The quantitative estimate of drug-likeness (QED) is 0.563. The van der Waals surface area contributed by atoms with Crippen molar-refractivity contribution in [2.45, 2.75) is 6.92 Å². The number of aryl methyl sites for hydroxylation is 1. The largest absolute Gasteiger partial charge is 0.264 e. The summed E-state index contributed by atoms with van der Waals surface area (Å²) in [6.07, 6.45) is 7.42. The molecule has 0 fully saturated rings. The lowest BCUT2D eigenvalue weighted by atomic mass is 10.00. The van der Waals surface area contributed by atoms with Crippen LogP contribution < -0.4 is 0 Å². The van der Waals surface area contributed by atoms with Gasteiger partial charge in [0.1, 0.15) is 0 Å². The normalized spacial score (nSPS) is 11.1. The fraction of sp³-hybridized carbons (Fsp3) is 0.0625. The molecule has 5 heteroatoms. The number of fused-ring (bicyclic) bond motifs is 1. The van der Waals surface area contributed by atoms with Crippen LogP contribution in [0.2, 0.25) is 0 Å². The molecule has 0 saturated heterocycles. The van der Waals surface area contributed by atoms with Gasteiger partial charge in [-0.25, -0.2) is 9.67 Å². The molecule has 0 N–H and O–H groups in total. The third-order valence-electron chi connectivity index (χ3n) is 3.54. The van der Waals surface area contributed by atoms with Gasteiger partial charge in [-0.2, -0.15) is 5.10 Å². The maximum atomic E-state index is 4.50. The van der Waals surface area contributed by atoms with E-state index in [1.165, 1.54) is 5.56 Å². The Balaban J connectivity index is 1.99. The first-order valence-corrected chi connectivity index (χ1v) is 7.50. The van der Waals surface area contributed by atoms with Crippen LogP contribution in [0.25, 0.3) is 27.2 Å². The van der Waals surface area contributed by atoms with Gasteiger partial charge in [-0.3, -0.25) is 4.98 Å². The van der Waals surface area contributed by atoms with E-state index in [4.69, 9.17) is 0 Å². The molecular formula is C16H12N4S. The van der Waals surface area contributed by atoms with Crippen molar-refractivity contribution < 1.29 is 0 Å². The highest BCUT2D eigenvalue weighted by molar-refractivity contribution is 7.12. The zero-order valence-electron chi connectivity index (χ0n) is 11.4. The smallest absolute Gasteiger partial charge is 0.210 e. The highest BCUT2D eigenvalue weighted by Crippen LogP contribution is 2.31. The van der Waals surface area contributed by atoms with E-state index in [2.05, 4.69) is 40.2 Å². The molecule has 0 aliphatic rings. The van der Waals surface area contributed by atoms with Crippen LogP contribution in [-0.4, -0.2) is 19.7 Å². The fourth-order valence-electron chi connectivity index (χ4n) is 2.50. The molecule has 0 bridgehead atoms. The lowest BCUT2D eigenvalue weighted by molar-refractivity contribution is 0.898. The van der Waals surface area contributed by atoms with Gasteiger partial charge < -0.3 is 0 Å². The zero-order valence-corrected chi connectivity index (χ0v) is 12.2. The van der Waals surface area contributed by atoms with Gasteiger partial charge in [-0.1, -0.05) is 12.1 Å². The van der Waals surface area contributed by atoms with Crippen LogP contribution in [0.5, 0.6) is 0 Å².